The SMILES string of the molecule is N#Cc1ccnc2c1ccc1ncccc12. The predicted molar refractivity (Wildman–Crippen MR) is 61.8 cm³/mol. The number of nitriles is 1. The van der Waals surface area contributed by atoms with Crippen LogP contribution in [0.3, 0.4) is 0 Å². The lowest BCUT2D eigenvalue weighted by Gasteiger charge is -2.02. The van der Waals surface area contributed by atoms with Gasteiger partial charge in [-0.2, -0.15) is 5.26 Å². The van der Waals surface area contributed by atoms with E-state index in [2.05, 4.69) is 16.0 Å². The van der Waals surface area contributed by atoms with Crippen LogP contribution < -0.4 is 0 Å². The molecular weight excluding hydrogens is 198 g/mol. The van der Waals surface area contributed by atoms with Crippen molar-refractivity contribution in [2.75, 3.05) is 0 Å². The number of pyridine rings is 2. The first kappa shape index (κ1) is 8.81. The van der Waals surface area contributed by atoms with Gasteiger partial charge in [-0.25, -0.2) is 0 Å². The van der Waals surface area contributed by atoms with Crippen LogP contribution in [-0.4, -0.2) is 9.97 Å². The van der Waals surface area contributed by atoms with Gasteiger partial charge in [0.15, 0.2) is 0 Å². The maximum absolute atomic E-state index is 9.01. The molecule has 2 aromatic heterocycles. The van der Waals surface area contributed by atoms with Crippen LogP contribution in [0.15, 0.2) is 42.7 Å². The molecule has 0 bridgehead atoms. The molecule has 0 aliphatic carbocycles. The van der Waals surface area contributed by atoms with Gasteiger partial charge in [0.2, 0.25) is 0 Å². The summed E-state index contributed by atoms with van der Waals surface area (Å²) in [6, 6.07) is 11.6. The third kappa shape index (κ3) is 1.14. The molecule has 0 saturated heterocycles. The lowest BCUT2D eigenvalue weighted by atomic mass is 10.1. The third-order valence-corrected chi connectivity index (χ3v) is 2.61. The summed E-state index contributed by atoms with van der Waals surface area (Å²) in [6.07, 6.45) is 3.41. The van der Waals surface area contributed by atoms with E-state index in [1.54, 1.807) is 18.5 Å². The molecule has 0 fully saturated rings. The van der Waals surface area contributed by atoms with Crippen molar-refractivity contribution in [2.24, 2.45) is 0 Å². The number of nitrogens with zero attached hydrogens (tertiary/aromatic N) is 3. The van der Waals surface area contributed by atoms with Gasteiger partial charge in [0, 0.05) is 23.2 Å². The first-order valence-electron chi connectivity index (χ1n) is 4.93. The number of rotatable bonds is 0. The van der Waals surface area contributed by atoms with Gasteiger partial charge in [0.25, 0.3) is 0 Å². The highest BCUT2D eigenvalue weighted by atomic mass is 14.7. The Morgan fingerprint density at radius 2 is 1.88 bits per heavy atom. The number of fused-ring (bicyclic) bond motifs is 3. The normalized spacial score (nSPS) is 10.4. The minimum Gasteiger partial charge on any atom is -0.256 e. The van der Waals surface area contributed by atoms with Crippen molar-refractivity contribution < 1.29 is 0 Å². The highest BCUT2D eigenvalue weighted by molar-refractivity contribution is 6.05. The molecular formula is C13H7N3. The number of hydrogen-bond donors (Lipinski definition) is 0. The molecule has 2 heterocycles. The quantitative estimate of drug-likeness (QED) is 0.530. The highest BCUT2D eigenvalue weighted by Crippen LogP contribution is 2.23. The number of hydrogen-bond acceptors (Lipinski definition) is 3. The molecule has 0 N–H and O–H groups in total. The molecule has 74 valence electrons. The first-order chi connectivity index (χ1) is 7.90. The molecule has 0 amide bonds. The Morgan fingerprint density at radius 1 is 0.938 bits per heavy atom. The molecule has 3 heteroatoms. The predicted octanol–water partition coefficient (Wildman–Crippen LogP) is 2.65. The van der Waals surface area contributed by atoms with E-state index in [9.17, 15) is 0 Å². The van der Waals surface area contributed by atoms with Crippen LogP contribution in [0.1, 0.15) is 5.56 Å². The van der Waals surface area contributed by atoms with E-state index in [4.69, 9.17) is 5.26 Å². The van der Waals surface area contributed by atoms with Gasteiger partial charge < -0.3 is 0 Å². The van der Waals surface area contributed by atoms with Crippen molar-refractivity contribution in [2.45, 2.75) is 0 Å². The summed E-state index contributed by atoms with van der Waals surface area (Å²) in [6.45, 7) is 0. The lowest BCUT2D eigenvalue weighted by molar-refractivity contribution is 1.38. The van der Waals surface area contributed by atoms with Crippen LogP contribution in [0.2, 0.25) is 0 Å². The summed E-state index contributed by atoms with van der Waals surface area (Å²) in [5, 5.41) is 10.9. The Labute approximate surface area is 92.0 Å². The Balaban J connectivity index is 2.58. The summed E-state index contributed by atoms with van der Waals surface area (Å²) in [5.41, 5.74) is 2.39. The van der Waals surface area contributed by atoms with Crippen LogP contribution in [0.25, 0.3) is 21.8 Å². The Bertz CT molecular complexity index is 726. The summed E-state index contributed by atoms with van der Waals surface area (Å²) in [7, 11) is 0. The second-order valence-electron chi connectivity index (χ2n) is 3.50. The van der Waals surface area contributed by atoms with Gasteiger partial charge in [-0.05, 0) is 30.3 Å². The molecule has 3 aromatic rings. The van der Waals surface area contributed by atoms with Gasteiger partial charge in [0.1, 0.15) is 0 Å². The average molecular weight is 205 g/mol. The maximum atomic E-state index is 9.01. The van der Waals surface area contributed by atoms with Crippen molar-refractivity contribution in [3.05, 3.63) is 48.3 Å². The van der Waals surface area contributed by atoms with Gasteiger partial charge in [-0.15, -0.1) is 0 Å². The fraction of sp³-hybridized carbons (Fsp3) is 0. The minimum atomic E-state index is 0.649. The average Bonchev–Trinajstić information content (AvgIpc) is 2.37. The van der Waals surface area contributed by atoms with E-state index in [-0.39, 0.29) is 0 Å². The summed E-state index contributed by atoms with van der Waals surface area (Å²) in [4.78, 5) is 8.59. The number of benzene rings is 1. The van der Waals surface area contributed by atoms with Crippen molar-refractivity contribution >= 4 is 21.8 Å². The van der Waals surface area contributed by atoms with Crippen LogP contribution >= 0.6 is 0 Å². The summed E-state index contributed by atoms with van der Waals surface area (Å²) < 4.78 is 0. The zero-order valence-corrected chi connectivity index (χ0v) is 8.38. The molecule has 0 aliphatic heterocycles. The van der Waals surface area contributed by atoms with Crippen LogP contribution in [0, 0.1) is 11.3 Å². The molecule has 16 heavy (non-hydrogen) atoms. The van der Waals surface area contributed by atoms with E-state index in [1.165, 1.54) is 0 Å². The van der Waals surface area contributed by atoms with Gasteiger partial charge in [-0.3, -0.25) is 9.97 Å². The Morgan fingerprint density at radius 3 is 2.75 bits per heavy atom. The molecule has 0 atom stereocenters. The third-order valence-electron chi connectivity index (χ3n) is 2.61. The van der Waals surface area contributed by atoms with E-state index < -0.39 is 0 Å². The Kier molecular flexibility index (Phi) is 1.81. The monoisotopic (exact) mass is 205 g/mol. The molecule has 0 spiro atoms. The zero-order valence-electron chi connectivity index (χ0n) is 8.38. The van der Waals surface area contributed by atoms with Crippen molar-refractivity contribution in [3.8, 4) is 6.07 Å². The van der Waals surface area contributed by atoms with Crippen LogP contribution in [0.4, 0.5) is 0 Å². The van der Waals surface area contributed by atoms with E-state index >= 15 is 0 Å². The largest absolute Gasteiger partial charge is 0.256 e. The van der Waals surface area contributed by atoms with Gasteiger partial charge >= 0.3 is 0 Å². The second-order valence-corrected chi connectivity index (χ2v) is 3.50. The van der Waals surface area contributed by atoms with Gasteiger partial charge in [-0.1, -0.05) is 0 Å². The standard InChI is InChI=1S/C13H7N3/c14-8-9-5-7-16-13-10(9)3-4-12-11(13)2-1-6-15-12/h1-7H. The van der Waals surface area contributed by atoms with Crippen molar-refractivity contribution in [3.63, 3.8) is 0 Å². The minimum absolute atomic E-state index is 0.649. The zero-order chi connectivity index (χ0) is 11.0. The maximum Gasteiger partial charge on any atom is 0.0999 e. The molecule has 3 rings (SSSR count). The van der Waals surface area contributed by atoms with Gasteiger partial charge in [0.05, 0.1) is 22.7 Å². The lowest BCUT2D eigenvalue weighted by Crippen LogP contribution is -1.86. The fourth-order valence-corrected chi connectivity index (χ4v) is 1.87. The fourth-order valence-electron chi connectivity index (χ4n) is 1.87. The van der Waals surface area contributed by atoms with Crippen molar-refractivity contribution in [1.29, 1.82) is 5.26 Å². The van der Waals surface area contributed by atoms with E-state index in [0.29, 0.717) is 5.56 Å². The molecule has 0 radical (unpaired) electrons. The molecule has 0 saturated carbocycles. The molecule has 3 nitrogen and oxygen atoms in total. The molecule has 1 aromatic carbocycles. The first-order valence-corrected chi connectivity index (χ1v) is 4.93. The van der Waals surface area contributed by atoms with Crippen LogP contribution in [-0.2, 0) is 0 Å². The summed E-state index contributed by atoms with van der Waals surface area (Å²) in [5.74, 6) is 0. The van der Waals surface area contributed by atoms with Crippen LogP contribution in [0.5, 0.6) is 0 Å². The molecule has 0 aliphatic rings. The topological polar surface area (TPSA) is 49.6 Å². The van der Waals surface area contributed by atoms with E-state index in [0.717, 1.165) is 21.8 Å². The van der Waals surface area contributed by atoms with Crippen molar-refractivity contribution in [1.82, 2.24) is 9.97 Å². The number of aromatic nitrogens is 2. The Hall–Kier alpha value is -2.47. The highest BCUT2D eigenvalue weighted by Gasteiger charge is 2.05. The van der Waals surface area contributed by atoms with E-state index in [1.807, 2.05) is 24.3 Å². The molecule has 0 unspecified atom stereocenters. The summed E-state index contributed by atoms with van der Waals surface area (Å²) >= 11 is 0. The smallest absolute Gasteiger partial charge is 0.0999 e. The second kappa shape index (κ2) is 3.28.